The number of hydrogen-bond donors (Lipinski definition) is 2. The Hall–Kier alpha value is -5.25. The van der Waals surface area contributed by atoms with Gasteiger partial charge in [0.25, 0.3) is 12.0 Å². The number of carboxylic acids is 1. The molecule has 0 saturated carbocycles. The van der Waals surface area contributed by atoms with Crippen molar-refractivity contribution in [3.05, 3.63) is 116 Å². The van der Waals surface area contributed by atoms with Gasteiger partial charge in [-0.15, -0.1) is 0 Å². The summed E-state index contributed by atoms with van der Waals surface area (Å²) in [5.41, 5.74) is -5.08. The van der Waals surface area contributed by atoms with E-state index < -0.39 is 94.2 Å². The summed E-state index contributed by atoms with van der Waals surface area (Å²) in [5, 5.41) is 12.0. The zero-order valence-electron chi connectivity index (χ0n) is 27.1. The molecule has 4 aromatic rings. The highest BCUT2D eigenvalue weighted by Crippen LogP contribution is 2.42. The van der Waals surface area contributed by atoms with Crippen LogP contribution in [0.4, 0.5) is 35.1 Å². The van der Waals surface area contributed by atoms with Gasteiger partial charge in [0, 0.05) is 48.6 Å². The number of aryl methyl sites for hydroxylation is 1. The number of pyridine rings is 1. The smallest absolute Gasteiger partial charge is 0.416 e. The lowest BCUT2D eigenvalue weighted by atomic mass is 9.91. The molecule has 3 heterocycles. The number of amides is 1. The van der Waals surface area contributed by atoms with Gasteiger partial charge in [0.2, 0.25) is 5.91 Å². The summed E-state index contributed by atoms with van der Waals surface area (Å²) in [6.45, 7) is 1.49. The number of benzene rings is 3. The Bertz CT molecular complexity index is 2110. The van der Waals surface area contributed by atoms with Crippen LogP contribution in [0.3, 0.4) is 0 Å². The molecule has 4 bridgehead atoms. The van der Waals surface area contributed by atoms with Crippen molar-refractivity contribution >= 4 is 11.9 Å². The second-order valence-electron chi connectivity index (χ2n) is 12.6. The molecule has 1 amide bonds. The van der Waals surface area contributed by atoms with E-state index in [1.165, 1.54) is 11.0 Å². The number of aliphatic carboxylic acids is 1. The van der Waals surface area contributed by atoms with Gasteiger partial charge < -0.3 is 15.2 Å². The molecule has 2 aliphatic rings. The van der Waals surface area contributed by atoms with Crippen LogP contribution in [0, 0.1) is 18.6 Å². The van der Waals surface area contributed by atoms with Gasteiger partial charge in [-0.05, 0) is 66.4 Å². The third-order valence-electron chi connectivity index (χ3n) is 9.05. The number of carboxylic acid groups (broad SMARTS) is 1. The Labute approximate surface area is 290 Å². The molecule has 2 aliphatic heterocycles. The number of carbonyl (C=O) groups is 2. The van der Waals surface area contributed by atoms with Crippen LogP contribution >= 0.6 is 0 Å². The first-order chi connectivity index (χ1) is 24.5. The molecule has 1 fully saturated rings. The van der Waals surface area contributed by atoms with E-state index in [4.69, 9.17) is 4.74 Å². The van der Waals surface area contributed by atoms with Gasteiger partial charge in [-0.3, -0.25) is 23.9 Å². The molecule has 1 saturated heterocycles. The number of carbonyl (C=O) groups excluding carboxylic acids is 1. The highest BCUT2D eigenvalue weighted by atomic mass is 19.4. The number of halogens is 8. The molecular formula is C36H29F8N3O5. The summed E-state index contributed by atoms with van der Waals surface area (Å²) in [5.74, 6) is -5.80. The Kier molecular flexibility index (Phi) is 9.87. The average molecular weight is 736 g/mol. The largest absolute Gasteiger partial charge is 0.481 e. The Morgan fingerprint density at radius 1 is 1.04 bits per heavy atom. The van der Waals surface area contributed by atoms with E-state index >= 15 is 8.78 Å². The maximum atomic E-state index is 15.9. The first-order valence-electron chi connectivity index (χ1n) is 15.9. The molecule has 0 radical (unpaired) electrons. The topological polar surface area (TPSA) is 101 Å². The van der Waals surface area contributed by atoms with Crippen LogP contribution in [-0.2, 0) is 22.2 Å². The number of hydrogen-bond acceptors (Lipinski definition) is 5. The van der Waals surface area contributed by atoms with Crippen molar-refractivity contribution < 1.29 is 54.6 Å². The fraction of sp³-hybridized carbons (Fsp3) is 0.306. The van der Waals surface area contributed by atoms with Crippen molar-refractivity contribution in [2.24, 2.45) is 0 Å². The number of alkyl halides is 6. The van der Waals surface area contributed by atoms with Crippen LogP contribution in [0.5, 0.6) is 11.5 Å². The maximum absolute atomic E-state index is 15.9. The third-order valence-corrected chi connectivity index (χ3v) is 9.05. The lowest BCUT2D eigenvalue weighted by Crippen LogP contribution is -2.49. The van der Waals surface area contributed by atoms with Crippen LogP contribution in [-0.4, -0.2) is 52.3 Å². The molecule has 0 unspecified atom stereocenters. The Morgan fingerprint density at radius 2 is 1.77 bits per heavy atom. The molecule has 16 heteroatoms. The molecule has 2 N–H and O–H groups in total. The van der Waals surface area contributed by atoms with Crippen molar-refractivity contribution in [1.82, 2.24) is 14.8 Å². The molecule has 3 aromatic carbocycles. The lowest BCUT2D eigenvalue weighted by Gasteiger charge is -2.34. The summed E-state index contributed by atoms with van der Waals surface area (Å²) >= 11 is 0. The monoisotopic (exact) mass is 735 g/mol. The molecule has 0 aliphatic carbocycles. The zero-order valence-corrected chi connectivity index (χ0v) is 27.1. The first-order valence-corrected chi connectivity index (χ1v) is 15.9. The highest BCUT2D eigenvalue weighted by Gasteiger charge is 2.38. The van der Waals surface area contributed by atoms with Gasteiger partial charge in [-0.2, -0.15) is 13.2 Å². The molecule has 8 nitrogen and oxygen atoms in total. The van der Waals surface area contributed by atoms with E-state index in [0.29, 0.717) is 16.3 Å². The Balaban J connectivity index is 1.60. The molecule has 2 atom stereocenters. The number of fused-ring (bicyclic) bond motifs is 6. The van der Waals surface area contributed by atoms with Crippen LogP contribution in [0.25, 0.3) is 11.1 Å². The van der Waals surface area contributed by atoms with E-state index in [2.05, 4.69) is 5.32 Å². The second kappa shape index (κ2) is 14.1. The fourth-order valence-corrected chi connectivity index (χ4v) is 6.55. The van der Waals surface area contributed by atoms with E-state index in [1.807, 2.05) is 0 Å². The number of rotatable bonds is 7. The van der Waals surface area contributed by atoms with Crippen LogP contribution in [0.1, 0.15) is 58.3 Å². The predicted octanol–water partition coefficient (Wildman–Crippen LogP) is 7.28. The first kappa shape index (κ1) is 36.5. The molecule has 52 heavy (non-hydrogen) atoms. The van der Waals surface area contributed by atoms with Crippen molar-refractivity contribution in [1.29, 1.82) is 0 Å². The molecule has 0 spiro atoms. The van der Waals surface area contributed by atoms with Gasteiger partial charge in [0.05, 0.1) is 23.6 Å². The molecule has 1 aromatic heterocycles. The molecule has 274 valence electrons. The van der Waals surface area contributed by atoms with Crippen molar-refractivity contribution in [3.8, 4) is 22.6 Å². The maximum Gasteiger partial charge on any atom is 0.416 e. The van der Waals surface area contributed by atoms with Gasteiger partial charge in [-0.25, -0.2) is 22.0 Å². The number of aromatic nitrogens is 1. The van der Waals surface area contributed by atoms with Gasteiger partial charge in [-0.1, -0.05) is 12.1 Å². The molecule has 6 rings (SSSR count). The SMILES string of the molecule is Cc1cccc2c1-c1cc(C(F)F)c(F)c(c1)[C@H](CC(=O)O)NC(=O)[C@@H](n1cc(CCN3CC(F)C3)c(C(F)(F)F)cc1=O)c1cc(ccc1F)O2. The van der Waals surface area contributed by atoms with E-state index in [1.54, 1.807) is 19.1 Å². The third kappa shape index (κ3) is 7.24. The van der Waals surface area contributed by atoms with Crippen molar-refractivity contribution in [2.45, 2.75) is 50.6 Å². The van der Waals surface area contributed by atoms with E-state index in [9.17, 15) is 45.8 Å². The summed E-state index contributed by atoms with van der Waals surface area (Å²) in [6, 6.07) is 5.69. The number of nitrogens with one attached hydrogen (secondary N) is 1. The molecular weight excluding hydrogens is 706 g/mol. The van der Waals surface area contributed by atoms with Gasteiger partial charge in [0.15, 0.2) is 0 Å². The lowest BCUT2D eigenvalue weighted by molar-refractivity contribution is -0.139. The standard InChI is InChI=1S/C36H29F8N3O5/c1-17-3-2-4-28-31(17)19-9-23(32(39)24(10-19)34(40)41)27(13-30(49)50)45-35(51)33(22-11-21(52-28)5-6-26(22)38)47-14-18(7-8-46-15-20(37)16-46)25(12-29(47)48)36(42,43)44/h2-6,9-12,14,20,27,33-34H,7-8,13,15-16H2,1H3,(H,45,51)(H,49,50)/t27-,33-/m0/s1. The number of ether oxygens (including phenoxy) is 1. The Morgan fingerprint density at radius 3 is 2.42 bits per heavy atom. The van der Waals surface area contributed by atoms with Gasteiger partial charge in [0.1, 0.15) is 35.3 Å². The van der Waals surface area contributed by atoms with Crippen molar-refractivity contribution in [2.75, 3.05) is 19.6 Å². The minimum atomic E-state index is -5.04. The zero-order chi connectivity index (χ0) is 37.6. The number of likely N-dealkylation sites (tertiary alicyclic amines) is 1. The van der Waals surface area contributed by atoms with Crippen LogP contribution in [0.15, 0.2) is 65.6 Å². The highest BCUT2D eigenvalue weighted by molar-refractivity contribution is 5.85. The van der Waals surface area contributed by atoms with E-state index in [-0.39, 0.29) is 54.7 Å². The van der Waals surface area contributed by atoms with Crippen LogP contribution in [0.2, 0.25) is 0 Å². The van der Waals surface area contributed by atoms with Crippen molar-refractivity contribution in [3.63, 3.8) is 0 Å². The fourth-order valence-electron chi connectivity index (χ4n) is 6.55. The summed E-state index contributed by atoms with van der Waals surface area (Å²) in [7, 11) is 0. The average Bonchev–Trinajstić information content (AvgIpc) is 3.04. The minimum Gasteiger partial charge on any atom is -0.481 e. The number of nitrogens with zero attached hydrogens (tertiary/aromatic N) is 2. The summed E-state index contributed by atoms with van der Waals surface area (Å²) < 4.78 is 123. The van der Waals surface area contributed by atoms with E-state index in [0.717, 1.165) is 30.3 Å². The predicted molar refractivity (Wildman–Crippen MR) is 170 cm³/mol. The quantitative estimate of drug-likeness (QED) is 0.194. The van der Waals surface area contributed by atoms with Gasteiger partial charge >= 0.3 is 12.1 Å². The normalized spacial score (nSPS) is 18.0. The second-order valence-corrected chi connectivity index (χ2v) is 12.6. The van der Waals surface area contributed by atoms with Crippen LogP contribution < -0.4 is 15.6 Å². The minimum absolute atomic E-state index is 0.00990. The summed E-state index contributed by atoms with van der Waals surface area (Å²) in [4.78, 5) is 41.3. The summed E-state index contributed by atoms with van der Waals surface area (Å²) in [6.07, 6.45) is -10.3.